The SMILES string of the molecule is O=C(NCc1ccccc1)NCC1CCN(C2CCSCC2)CC1. The molecule has 1 aromatic carbocycles. The molecule has 0 spiro atoms. The van der Waals surface area contributed by atoms with Crippen LogP contribution in [0.15, 0.2) is 30.3 Å². The van der Waals surface area contributed by atoms with Crippen molar-refractivity contribution in [3.8, 4) is 0 Å². The smallest absolute Gasteiger partial charge is 0.315 e. The van der Waals surface area contributed by atoms with E-state index < -0.39 is 0 Å². The normalized spacial score (nSPS) is 20.7. The van der Waals surface area contributed by atoms with Crippen LogP contribution < -0.4 is 10.6 Å². The lowest BCUT2D eigenvalue weighted by Gasteiger charge is -2.39. The number of thioether (sulfide) groups is 1. The molecule has 1 aromatic rings. The van der Waals surface area contributed by atoms with Crippen LogP contribution in [0, 0.1) is 5.92 Å². The van der Waals surface area contributed by atoms with Crippen LogP contribution in [-0.2, 0) is 6.54 Å². The largest absolute Gasteiger partial charge is 0.338 e. The Balaban J connectivity index is 1.30. The molecule has 2 aliphatic heterocycles. The van der Waals surface area contributed by atoms with Crippen LogP contribution >= 0.6 is 11.8 Å². The minimum absolute atomic E-state index is 0.0504. The van der Waals surface area contributed by atoms with Crippen molar-refractivity contribution in [2.45, 2.75) is 38.3 Å². The molecule has 0 radical (unpaired) electrons. The van der Waals surface area contributed by atoms with E-state index in [1.54, 1.807) is 0 Å². The average molecular weight is 348 g/mol. The van der Waals surface area contributed by atoms with Crippen molar-refractivity contribution >= 4 is 17.8 Å². The molecule has 132 valence electrons. The molecule has 2 amide bonds. The van der Waals surface area contributed by atoms with E-state index in [0.717, 1.165) is 18.2 Å². The molecule has 2 heterocycles. The molecule has 24 heavy (non-hydrogen) atoms. The fourth-order valence-electron chi connectivity index (χ4n) is 3.65. The lowest BCUT2D eigenvalue weighted by atomic mass is 9.94. The van der Waals surface area contributed by atoms with Gasteiger partial charge in [0.2, 0.25) is 0 Å². The molecule has 2 aliphatic rings. The summed E-state index contributed by atoms with van der Waals surface area (Å²) in [4.78, 5) is 14.6. The van der Waals surface area contributed by atoms with Crippen LogP contribution in [0.4, 0.5) is 4.79 Å². The second-order valence-corrected chi connectivity index (χ2v) is 8.10. The van der Waals surface area contributed by atoms with Gasteiger partial charge < -0.3 is 15.5 Å². The second kappa shape index (κ2) is 9.33. The fraction of sp³-hybridized carbons (Fsp3) is 0.632. The maximum atomic E-state index is 11.9. The van der Waals surface area contributed by atoms with E-state index in [2.05, 4.69) is 27.3 Å². The Labute approximate surface area is 149 Å². The van der Waals surface area contributed by atoms with Crippen LogP contribution in [0.5, 0.6) is 0 Å². The zero-order valence-corrected chi connectivity index (χ0v) is 15.2. The number of hydrogen-bond donors (Lipinski definition) is 2. The summed E-state index contributed by atoms with van der Waals surface area (Å²) in [5.74, 6) is 3.28. The van der Waals surface area contributed by atoms with Crippen molar-refractivity contribution in [1.82, 2.24) is 15.5 Å². The van der Waals surface area contributed by atoms with Gasteiger partial charge >= 0.3 is 6.03 Å². The van der Waals surface area contributed by atoms with Gasteiger partial charge in [0.05, 0.1) is 0 Å². The molecule has 2 N–H and O–H groups in total. The van der Waals surface area contributed by atoms with Gasteiger partial charge in [-0.2, -0.15) is 11.8 Å². The van der Waals surface area contributed by atoms with Gasteiger partial charge in [-0.15, -0.1) is 0 Å². The average Bonchev–Trinajstić information content (AvgIpc) is 2.67. The summed E-state index contributed by atoms with van der Waals surface area (Å²) in [5.41, 5.74) is 1.13. The third kappa shape index (κ3) is 5.42. The lowest BCUT2D eigenvalue weighted by molar-refractivity contribution is 0.125. The van der Waals surface area contributed by atoms with Crippen LogP contribution in [-0.4, -0.2) is 48.1 Å². The number of likely N-dealkylation sites (tertiary alicyclic amines) is 1. The highest BCUT2D eigenvalue weighted by atomic mass is 32.2. The molecule has 2 fully saturated rings. The number of benzene rings is 1. The standard InChI is InChI=1S/C19H29N3OS/c23-19(20-14-16-4-2-1-3-5-16)21-15-17-6-10-22(11-7-17)18-8-12-24-13-9-18/h1-5,17-18H,6-15H2,(H2,20,21,23). The molecule has 0 aliphatic carbocycles. The number of nitrogens with one attached hydrogen (secondary N) is 2. The zero-order chi connectivity index (χ0) is 16.6. The Kier molecular flexibility index (Phi) is 6.85. The molecular formula is C19H29N3OS. The predicted molar refractivity (Wildman–Crippen MR) is 101 cm³/mol. The number of carbonyl (C=O) groups excluding carboxylic acids is 1. The Morgan fingerprint density at radius 2 is 1.75 bits per heavy atom. The Bertz CT molecular complexity index is 497. The van der Waals surface area contributed by atoms with Crippen LogP contribution in [0.1, 0.15) is 31.2 Å². The van der Waals surface area contributed by atoms with Gasteiger partial charge in [-0.1, -0.05) is 30.3 Å². The number of rotatable bonds is 5. The van der Waals surface area contributed by atoms with Gasteiger partial charge in [0.15, 0.2) is 0 Å². The third-order valence-corrected chi connectivity index (χ3v) is 6.25. The first-order chi connectivity index (χ1) is 11.8. The van der Waals surface area contributed by atoms with Crippen LogP contribution in [0.2, 0.25) is 0 Å². The Morgan fingerprint density at radius 1 is 1.04 bits per heavy atom. The van der Waals surface area contributed by atoms with E-state index >= 15 is 0 Å². The maximum absolute atomic E-state index is 11.9. The lowest BCUT2D eigenvalue weighted by Crippen LogP contribution is -2.45. The molecular weight excluding hydrogens is 318 g/mol. The van der Waals surface area contributed by atoms with Crippen molar-refractivity contribution in [1.29, 1.82) is 0 Å². The highest BCUT2D eigenvalue weighted by molar-refractivity contribution is 7.99. The first kappa shape index (κ1) is 17.6. The van der Waals surface area contributed by atoms with Gasteiger partial charge in [0, 0.05) is 19.1 Å². The molecule has 3 rings (SSSR count). The van der Waals surface area contributed by atoms with E-state index in [-0.39, 0.29) is 6.03 Å². The predicted octanol–water partition coefficient (Wildman–Crippen LogP) is 3.09. The van der Waals surface area contributed by atoms with E-state index in [9.17, 15) is 4.79 Å². The van der Waals surface area contributed by atoms with Gasteiger partial charge in [0.1, 0.15) is 0 Å². The van der Waals surface area contributed by atoms with Crippen molar-refractivity contribution in [2.75, 3.05) is 31.1 Å². The molecule has 0 aromatic heterocycles. The fourth-order valence-corrected chi connectivity index (χ4v) is 4.73. The first-order valence-corrected chi connectivity index (χ1v) is 10.3. The molecule has 2 saturated heterocycles. The van der Waals surface area contributed by atoms with Crippen LogP contribution in [0.25, 0.3) is 0 Å². The molecule has 0 unspecified atom stereocenters. The number of amides is 2. The summed E-state index contributed by atoms with van der Waals surface area (Å²) >= 11 is 2.10. The van der Waals surface area contributed by atoms with Crippen molar-refractivity contribution in [2.24, 2.45) is 5.92 Å². The molecule has 0 saturated carbocycles. The van der Waals surface area contributed by atoms with E-state index in [0.29, 0.717) is 12.5 Å². The number of urea groups is 1. The highest BCUT2D eigenvalue weighted by Crippen LogP contribution is 2.26. The summed E-state index contributed by atoms with van der Waals surface area (Å²) in [7, 11) is 0. The van der Waals surface area contributed by atoms with E-state index in [4.69, 9.17) is 0 Å². The highest BCUT2D eigenvalue weighted by Gasteiger charge is 2.26. The Morgan fingerprint density at radius 3 is 2.46 bits per heavy atom. The molecule has 0 bridgehead atoms. The number of nitrogens with zero attached hydrogens (tertiary/aromatic N) is 1. The molecule has 0 atom stereocenters. The van der Waals surface area contributed by atoms with Crippen LogP contribution in [0.3, 0.4) is 0 Å². The van der Waals surface area contributed by atoms with E-state index in [1.807, 2.05) is 30.3 Å². The molecule has 5 heteroatoms. The summed E-state index contributed by atoms with van der Waals surface area (Å²) in [6.07, 6.45) is 5.14. The number of carbonyl (C=O) groups is 1. The minimum Gasteiger partial charge on any atom is -0.338 e. The monoisotopic (exact) mass is 347 g/mol. The third-order valence-electron chi connectivity index (χ3n) is 5.20. The summed E-state index contributed by atoms with van der Waals surface area (Å²) < 4.78 is 0. The van der Waals surface area contributed by atoms with Crippen molar-refractivity contribution < 1.29 is 4.79 Å². The van der Waals surface area contributed by atoms with E-state index in [1.165, 1.54) is 50.3 Å². The second-order valence-electron chi connectivity index (χ2n) is 6.87. The Hall–Kier alpha value is -1.20. The van der Waals surface area contributed by atoms with Gasteiger partial charge in [0.25, 0.3) is 0 Å². The quantitative estimate of drug-likeness (QED) is 0.860. The zero-order valence-electron chi connectivity index (χ0n) is 14.4. The van der Waals surface area contributed by atoms with Crippen molar-refractivity contribution in [3.63, 3.8) is 0 Å². The summed E-state index contributed by atoms with van der Waals surface area (Å²) in [6.45, 7) is 3.79. The van der Waals surface area contributed by atoms with Gasteiger partial charge in [-0.3, -0.25) is 0 Å². The first-order valence-electron chi connectivity index (χ1n) is 9.18. The number of hydrogen-bond acceptors (Lipinski definition) is 3. The molecule has 4 nitrogen and oxygen atoms in total. The summed E-state index contributed by atoms with van der Waals surface area (Å²) in [5, 5.41) is 5.98. The topological polar surface area (TPSA) is 44.4 Å². The maximum Gasteiger partial charge on any atom is 0.315 e. The minimum atomic E-state index is -0.0504. The summed E-state index contributed by atoms with van der Waals surface area (Å²) in [6, 6.07) is 10.8. The van der Waals surface area contributed by atoms with Gasteiger partial charge in [-0.05, 0) is 61.8 Å². The van der Waals surface area contributed by atoms with Gasteiger partial charge in [-0.25, -0.2) is 4.79 Å². The number of piperidine rings is 1. The van der Waals surface area contributed by atoms with Crippen molar-refractivity contribution in [3.05, 3.63) is 35.9 Å².